The van der Waals surface area contributed by atoms with Gasteiger partial charge in [-0.2, -0.15) is 0 Å². The quantitative estimate of drug-likeness (QED) is 0.414. The van der Waals surface area contributed by atoms with Crippen LogP contribution in [0.4, 0.5) is 0 Å². The van der Waals surface area contributed by atoms with Crippen LogP contribution in [-0.4, -0.2) is 0 Å². The highest BCUT2D eigenvalue weighted by Crippen LogP contribution is 2.35. The van der Waals surface area contributed by atoms with Crippen molar-refractivity contribution in [2.24, 2.45) is 0 Å². The third-order valence-electron chi connectivity index (χ3n) is 4.20. The molecule has 0 heterocycles. The molecule has 134 valence electrons. The molecule has 1 atom stereocenters. The minimum atomic E-state index is 0.294. The molecule has 0 radical (unpaired) electrons. The van der Waals surface area contributed by atoms with Crippen molar-refractivity contribution in [3.8, 4) is 5.75 Å². The number of hydrogen-bond donors (Lipinski definition) is 1. The molecule has 4 heteroatoms. The van der Waals surface area contributed by atoms with Crippen molar-refractivity contribution < 1.29 is 4.74 Å². The summed E-state index contributed by atoms with van der Waals surface area (Å²) in [6.45, 7) is 3.50. The topological polar surface area (TPSA) is 21.3 Å². The minimum Gasteiger partial charge on any atom is -0.487 e. The highest BCUT2D eigenvalue weighted by molar-refractivity contribution is 9.11. The molecule has 0 aromatic heterocycles. The van der Waals surface area contributed by atoms with Gasteiger partial charge in [0.25, 0.3) is 0 Å². The Kier molecular flexibility index (Phi) is 6.89. The summed E-state index contributed by atoms with van der Waals surface area (Å²) in [5, 5.41) is 3.56. The summed E-state index contributed by atoms with van der Waals surface area (Å²) < 4.78 is 7.89. The van der Waals surface area contributed by atoms with E-state index >= 15 is 0 Å². The van der Waals surface area contributed by atoms with Gasteiger partial charge in [-0.05, 0) is 67.6 Å². The van der Waals surface area contributed by atoms with Crippen LogP contribution >= 0.6 is 31.9 Å². The Morgan fingerprint density at radius 3 is 2.04 bits per heavy atom. The lowest BCUT2D eigenvalue weighted by atomic mass is 10.1. The second-order valence-corrected chi connectivity index (χ2v) is 7.88. The van der Waals surface area contributed by atoms with E-state index in [1.807, 2.05) is 24.3 Å². The van der Waals surface area contributed by atoms with E-state index in [1.165, 1.54) is 11.1 Å². The molecule has 0 unspecified atom stereocenters. The number of halogens is 2. The van der Waals surface area contributed by atoms with E-state index in [1.54, 1.807) is 0 Å². The first kappa shape index (κ1) is 19.2. The van der Waals surface area contributed by atoms with E-state index in [4.69, 9.17) is 4.74 Å². The molecule has 3 aromatic carbocycles. The number of hydrogen-bond acceptors (Lipinski definition) is 2. The molecular formula is C22H21Br2NO. The molecule has 26 heavy (non-hydrogen) atoms. The molecule has 0 saturated heterocycles. The van der Waals surface area contributed by atoms with E-state index in [2.05, 4.69) is 92.6 Å². The fourth-order valence-electron chi connectivity index (χ4n) is 2.71. The van der Waals surface area contributed by atoms with Crippen molar-refractivity contribution >= 4 is 31.9 Å². The third kappa shape index (κ3) is 5.19. The zero-order valence-electron chi connectivity index (χ0n) is 14.6. The van der Waals surface area contributed by atoms with Crippen molar-refractivity contribution in [2.75, 3.05) is 0 Å². The normalized spacial score (nSPS) is 12.0. The lowest BCUT2D eigenvalue weighted by Crippen LogP contribution is -2.18. The van der Waals surface area contributed by atoms with Crippen LogP contribution in [0, 0.1) is 0 Å². The molecule has 0 aliphatic heterocycles. The largest absolute Gasteiger partial charge is 0.487 e. The van der Waals surface area contributed by atoms with Crippen molar-refractivity contribution in [3.63, 3.8) is 0 Å². The summed E-state index contributed by atoms with van der Waals surface area (Å²) >= 11 is 7.28. The standard InChI is InChI=1S/C22H21Br2NO/c1-16(19-10-6-3-7-11-19)25-14-18-12-20(23)22(21(24)13-18)26-15-17-8-4-2-5-9-17/h2-13,16,25H,14-15H2,1H3/t16-/m1/s1. The summed E-state index contributed by atoms with van der Waals surface area (Å²) in [6, 6.07) is 25.1. The Balaban J connectivity index is 1.63. The van der Waals surface area contributed by atoms with Gasteiger partial charge in [0.15, 0.2) is 0 Å². The van der Waals surface area contributed by atoms with Crippen molar-refractivity contribution in [3.05, 3.63) is 98.4 Å². The van der Waals surface area contributed by atoms with Crippen LogP contribution in [0.1, 0.15) is 29.7 Å². The van der Waals surface area contributed by atoms with E-state index in [0.29, 0.717) is 12.6 Å². The van der Waals surface area contributed by atoms with Gasteiger partial charge in [-0.15, -0.1) is 0 Å². The van der Waals surface area contributed by atoms with Gasteiger partial charge in [0.05, 0.1) is 8.95 Å². The van der Waals surface area contributed by atoms with Gasteiger partial charge in [-0.3, -0.25) is 0 Å². The number of ether oxygens (including phenoxy) is 1. The number of nitrogens with one attached hydrogen (secondary N) is 1. The zero-order valence-corrected chi connectivity index (χ0v) is 17.8. The Bertz CT molecular complexity index is 814. The highest BCUT2D eigenvalue weighted by Gasteiger charge is 2.11. The van der Waals surface area contributed by atoms with Gasteiger partial charge < -0.3 is 10.1 Å². The zero-order chi connectivity index (χ0) is 18.4. The van der Waals surface area contributed by atoms with Crippen LogP contribution in [0.2, 0.25) is 0 Å². The lowest BCUT2D eigenvalue weighted by molar-refractivity contribution is 0.302. The Labute approximate surface area is 171 Å². The molecule has 0 bridgehead atoms. The second kappa shape index (κ2) is 9.36. The first-order valence-corrected chi connectivity index (χ1v) is 10.1. The number of rotatable bonds is 7. The van der Waals surface area contributed by atoms with Gasteiger partial charge in [0, 0.05) is 12.6 Å². The number of benzene rings is 3. The molecule has 1 N–H and O–H groups in total. The first-order valence-electron chi connectivity index (χ1n) is 8.56. The first-order chi connectivity index (χ1) is 12.6. The summed E-state index contributed by atoms with van der Waals surface area (Å²) in [6.07, 6.45) is 0. The minimum absolute atomic E-state index is 0.294. The predicted molar refractivity (Wildman–Crippen MR) is 114 cm³/mol. The molecule has 0 saturated carbocycles. The second-order valence-electron chi connectivity index (χ2n) is 6.18. The maximum atomic E-state index is 5.99. The lowest BCUT2D eigenvalue weighted by Gasteiger charge is -2.16. The smallest absolute Gasteiger partial charge is 0.148 e. The fourth-order valence-corrected chi connectivity index (χ4v) is 4.22. The van der Waals surface area contributed by atoms with Gasteiger partial charge >= 0.3 is 0 Å². The van der Waals surface area contributed by atoms with Crippen molar-refractivity contribution in [1.29, 1.82) is 0 Å². The summed E-state index contributed by atoms with van der Waals surface area (Å²) in [7, 11) is 0. The average molecular weight is 475 g/mol. The monoisotopic (exact) mass is 473 g/mol. The molecular weight excluding hydrogens is 454 g/mol. The van der Waals surface area contributed by atoms with Crippen molar-refractivity contribution in [1.82, 2.24) is 5.32 Å². The van der Waals surface area contributed by atoms with E-state index in [-0.39, 0.29) is 0 Å². The van der Waals surface area contributed by atoms with Gasteiger partial charge in [-0.1, -0.05) is 60.7 Å². The molecule has 0 amide bonds. The Morgan fingerprint density at radius 2 is 1.42 bits per heavy atom. The molecule has 3 aromatic rings. The Morgan fingerprint density at radius 1 is 0.846 bits per heavy atom. The predicted octanol–water partition coefficient (Wildman–Crippen LogP) is 6.64. The van der Waals surface area contributed by atoms with Crippen molar-refractivity contribution in [2.45, 2.75) is 26.1 Å². The summed E-state index contributed by atoms with van der Waals surface area (Å²) in [5.74, 6) is 0.828. The van der Waals surface area contributed by atoms with Gasteiger partial charge in [0.1, 0.15) is 12.4 Å². The van der Waals surface area contributed by atoms with Crippen LogP contribution in [-0.2, 0) is 13.2 Å². The maximum absolute atomic E-state index is 5.99. The third-order valence-corrected chi connectivity index (χ3v) is 5.37. The Hall–Kier alpha value is -1.62. The molecule has 0 spiro atoms. The van der Waals surface area contributed by atoms with Crippen LogP contribution in [0.15, 0.2) is 81.7 Å². The maximum Gasteiger partial charge on any atom is 0.148 e. The van der Waals surface area contributed by atoms with Crippen LogP contribution < -0.4 is 10.1 Å². The van der Waals surface area contributed by atoms with Crippen LogP contribution in [0.5, 0.6) is 5.75 Å². The van der Waals surface area contributed by atoms with E-state index in [0.717, 1.165) is 26.8 Å². The molecule has 0 aliphatic carbocycles. The molecule has 2 nitrogen and oxygen atoms in total. The van der Waals surface area contributed by atoms with E-state index in [9.17, 15) is 0 Å². The summed E-state index contributed by atoms with van der Waals surface area (Å²) in [5.41, 5.74) is 3.63. The SMILES string of the molecule is C[C@@H](NCc1cc(Br)c(OCc2ccccc2)c(Br)c1)c1ccccc1. The van der Waals surface area contributed by atoms with Crippen LogP contribution in [0.25, 0.3) is 0 Å². The molecule has 0 aliphatic rings. The molecule has 0 fully saturated rings. The van der Waals surface area contributed by atoms with Gasteiger partial charge in [0.2, 0.25) is 0 Å². The highest BCUT2D eigenvalue weighted by atomic mass is 79.9. The fraction of sp³-hybridized carbons (Fsp3) is 0.182. The average Bonchev–Trinajstić information content (AvgIpc) is 2.67. The van der Waals surface area contributed by atoms with E-state index < -0.39 is 0 Å². The van der Waals surface area contributed by atoms with Crippen LogP contribution in [0.3, 0.4) is 0 Å². The summed E-state index contributed by atoms with van der Waals surface area (Å²) in [4.78, 5) is 0. The molecule has 3 rings (SSSR count). The van der Waals surface area contributed by atoms with Gasteiger partial charge in [-0.25, -0.2) is 0 Å².